The Morgan fingerprint density at radius 3 is 2.33 bits per heavy atom. The van der Waals surface area contributed by atoms with Gasteiger partial charge in [-0.15, -0.1) is 0 Å². The topological polar surface area (TPSA) is 72.1 Å². The number of H-pyrrole nitrogens is 1. The molecule has 6 nitrogen and oxygen atoms in total. The van der Waals surface area contributed by atoms with E-state index in [1.807, 2.05) is 24.3 Å². The molecule has 0 aliphatic heterocycles. The molecule has 2 aromatic carbocycles. The van der Waals surface area contributed by atoms with Crippen LogP contribution in [0, 0.1) is 18.8 Å². The molecule has 6 heteroatoms. The van der Waals surface area contributed by atoms with E-state index in [1.54, 1.807) is 6.33 Å². The van der Waals surface area contributed by atoms with Crippen molar-refractivity contribution in [2.75, 3.05) is 18.5 Å². The molecule has 4 rings (SSSR count). The Balaban J connectivity index is 1.66. The Morgan fingerprint density at radius 1 is 0.879 bits per heavy atom. The van der Waals surface area contributed by atoms with Gasteiger partial charge in [-0.05, 0) is 61.9 Å². The van der Waals surface area contributed by atoms with Crippen molar-refractivity contribution in [3.05, 3.63) is 48.4 Å². The standard InChI is InChI=1S/C27H34N4O2/c1-17(2)10-12-32-24-9-6-20(15-25(24)33-13-11-18(3)4)31-23-14-19(5)30-21-7-8-22-27(26(21)23)29-16-28-22/h6-9,14-18,30-31H,10-13H2,1-5H3. The van der Waals surface area contributed by atoms with Gasteiger partial charge in [0.25, 0.3) is 0 Å². The number of ether oxygens (including phenoxy) is 2. The quantitative estimate of drug-likeness (QED) is 0.274. The van der Waals surface area contributed by atoms with Crippen LogP contribution in [0.2, 0.25) is 0 Å². The molecule has 0 amide bonds. The van der Waals surface area contributed by atoms with Crippen LogP contribution in [0.5, 0.6) is 11.5 Å². The summed E-state index contributed by atoms with van der Waals surface area (Å²) in [5.74, 6) is 2.74. The van der Waals surface area contributed by atoms with Gasteiger partial charge in [0.1, 0.15) is 11.8 Å². The number of anilines is 2. The number of benzene rings is 2. The van der Waals surface area contributed by atoms with Crippen LogP contribution in [0.3, 0.4) is 0 Å². The maximum atomic E-state index is 6.16. The van der Waals surface area contributed by atoms with Crippen LogP contribution in [0.4, 0.5) is 11.4 Å². The number of pyridine rings is 1. The summed E-state index contributed by atoms with van der Waals surface area (Å²) in [5.41, 5.74) is 5.77. The van der Waals surface area contributed by atoms with Crippen molar-refractivity contribution >= 4 is 33.3 Å². The highest BCUT2D eigenvalue weighted by Gasteiger charge is 2.13. The van der Waals surface area contributed by atoms with E-state index in [0.29, 0.717) is 25.0 Å². The molecular formula is C27H34N4O2. The molecule has 0 radical (unpaired) electrons. The maximum Gasteiger partial charge on any atom is 0.163 e. The lowest BCUT2D eigenvalue weighted by Crippen LogP contribution is -2.06. The van der Waals surface area contributed by atoms with Crippen molar-refractivity contribution in [3.63, 3.8) is 0 Å². The largest absolute Gasteiger partial charge is 0.490 e. The summed E-state index contributed by atoms with van der Waals surface area (Å²) >= 11 is 0. The summed E-state index contributed by atoms with van der Waals surface area (Å²) in [7, 11) is 0. The fourth-order valence-electron chi connectivity index (χ4n) is 3.76. The third-order valence-corrected chi connectivity index (χ3v) is 5.63. The molecule has 174 valence electrons. The van der Waals surface area contributed by atoms with Gasteiger partial charge in [-0.25, -0.2) is 9.97 Å². The van der Waals surface area contributed by atoms with E-state index < -0.39 is 0 Å². The zero-order chi connectivity index (χ0) is 23.4. The zero-order valence-corrected chi connectivity index (χ0v) is 20.2. The molecular weight excluding hydrogens is 412 g/mol. The van der Waals surface area contributed by atoms with E-state index in [-0.39, 0.29) is 0 Å². The van der Waals surface area contributed by atoms with Gasteiger partial charge in [-0.3, -0.25) is 0 Å². The molecule has 0 bridgehead atoms. The lowest BCUT2D eigenvalue weighted by molar-refractivity contribution is 0.246. The van der Waals surface area contributed by atoms with Crippen LogP contribution >= 0.6 is 0 Å². The molecule has 0 aliphatic carbocycles. The third kappa shape index (κ3) is 5.56. The first-order valence-electron chi connectivity index (χ1n) is 11.8. The van der Waals surface area contributed by atoms with Crippen LogP contribution in [0.15, 0.2) is 42.7 Å². The van der Waals surface area contributed by atoms with Gasteiger partial charge in [0.05, 0.1) is 24.4 Å². The number of aromatic nitrogens is 3. The summed E-state index contributed by atoms with van der Waals surface area (Å²) in [6.07, 6.45) is 3.61. The average Bonchev–Trinajstić information content (AvgIpc) is 3.23. The van der Waals surface area contributed by atoms with Gasteiger partial charge in [-0.1, -0.05) is 27.7 Å². The minimum atomic E-state index is 0.583. The Kier molecular flexibility index (Phi) is 7.02. The summed E-state index contributed by atoms with van der Waals surface area (Å²) in [4.78, 5) is 12.3. The molecule has 0 spiro atoms. The van der Waals surface area contributed by atoms with Crippen LogP contribution in [0.1, 0.15) is 46.2 Å². The Bertz CT molecular complexity index is 1230. The van der Waals surface area contributed by atoms with Gasteiger partial charge in [0, 0.05) is 28.4 Å². The summed E-state index contributed by atoms with van der Waals surface area (Å²) in [6, 6.07) is 12.2. The van der Waals surface area contributed by atoms with Gasteiger partial charge in [-0.2, -0.15) is 0 Å². The van der Waals surface area contributed by atoms with E-state index in [9.17, 15) is 0 Å². The highest BCUT2D eigenvalue weighted by atomic mass is 16.5. The number of hydrogen-bond donors (Lipinski definition) is 2. The lowest BCUT2D eigenvalue weighted by Gasteiger charge is -2.17. The molecule has 0 fully saturated rings. The Morgan fingerprint density at radius 2 is 1.61 bits per heavy atom. The summed E-state index contributed by atoms with van der Waals surface area (Å²) < 4.78 is 12.2. The normalized spacial score (nSPS) is 11.6. The summed E-state index contributed by atoms with van der Waals surface area (Å²) in [6.45, 7) is 12.2. The van der Waals surface area contributed by atoms with Crippen LogP contribution < -0.4 is 14.8 Å². The van der Waals surface area contributed by atoms with Crippen LogP contribution in [-0.2, 0) is 0 Å². The van der Waals surface area contributed by atoms with E-state index in [0.717, 1.165) is 63.3 Å². The molecule has 0 aliphatic rings. The number of aryl methyl sites for hydroxylation is 1. The van der Waals surface area contributed by atoms with Crippen molar-refractivity contribution in [1.82, 2.24) is 15.0 Å². The van der Waals surface area contributed by atoms with E-state index in [2.05, 4.69) is 67.0 Å². The second-order valence-electron chi connectivity index (χ2n) is 9.44. The predicted molar refractivity (Wildman–Crippen MR) is 136 cm³/mol. The fraction of sp³-hybridized carbons (Fsp3) is 0.407. The van der Waals surface area contributed by atoms with E-state index in [1.165, 1.54) is 0 Å². The van der Waals surface area contributed by atoms with Gasteiger partial charge in [0.2, 0.25) is 0 Å². The number of imidazole rings is 1. The van der Waals surface area contributed by atoms with Gasteiger partial charge in [0.15, 0.2) is 11.5 Å². The number of nitrogens with zero attached hydrogens (tertiary/aromatic N) is 2. The first-order chi connectivity index (χ1) is 15.9. The van der Waals surface area contributed by atoms with Crippen molar-refractivity contribution in [1.29, 1.82) is 0 Å². The molecule has 0 saturated heterocycles. The molecule has 0 saturated carbocycles. The molecule has 33 heavy (non-hydrogen) atoms. The molecule has 0 atom stereocenters. The fourth-order valence-corrected chi connectivity index (χ4v) is 3.76. The van der Waals surface area contributed by atoms with Gasteiger partial charge < -0.3 is 19.8 Å². The number of nitrogens with one attached hydrogen (secondary N) is 2. The Labute approximate surface area is 195 Å². The molecule has 2 aromatic heterocycles. The SMILES string of the molecule is Cc1cc(Nc2ccc(OCCC(C)C)c(OCCC(C)C)c2)c2c(ccc3ncnc32)[nH]1. The minimum absolute atomic E-state index is 0.583. The summed E-state index contributed by atoms with van der Waals surface area (Å²) in [5, 5.41) is 4.61. The first-order valence-corrected chi connectivity index (χ1v) is 11.8. The zero-order valence-electron chi connectivity index (χ0n) is 20.2. The molecule has 2 heterocycles. The minimum Gasteiger partial charge on any atom is -0.490 e. The molecule has 4 aromatic rings. The van der Waals surface area contributed by atoms with Crippen molar-refractivity contribution in [3.8, 4) is 11.5 Å². The molecule has 2 N–H and O–H groups in total. The van der Waals surface area contributed by atoms with Crippen molar-refractivity contribution in [2.24, 2.45) is 11.8 Å². The van der Waals surface area contributed by atoms with Gasteiger partial charge >= 0.3 is 0 Å². The number of hydrogen-bond acceptors (Lipinski definition) is 5. The molecule has 0 unspecified atom stereocenters. The number of fused-ring (bicyclic) bond motifs is 3. The second kappa shape index (κ2) is 10.1. The monoisotopic (exact) mass is 446 g/mol. The predicted octanol–water partition coefficient (Wildman–Crippen LogP) is 7.01. The maximum absolute atomic E-state index is 6.16. The van der Waals surface area contributed by atoms with E-state index in [4.69, 9.17) is 9.47 Å². The highest BCUT2D eigenvalue weighted by molar-refractivity contribution is 6.10. The van der Waals surface area contributed by atoms with Crippen LogP contribution in [0.25, 0.3) is 21.9 Å². The van der Waals surface area contributed by atoms with Crippen LogP contribution in [-0.4, -0.2) is 28.2 Å². The second-order valence-corrected chi connectivity index (χ2v) is 9.44. The van der Waals surface area contributed by atoms with Crippen molar-refractivity contribution in [2.45, 2.75) is 47.5 Å². The highest BCUT2D eigenvalue weighted by Crippen LogP contribution is 2.35. The van der Waals surface area contributed by atoms with E-state index >= 15 is 0 Å². The first kappa shape index (κ1) is 22.9. The Hall–Kier alpha value is -3.28. The number of rotatable bonds is 10. The average molecular weight is 447 g/mol. The number of aromatic amines is 1. The van der Waals surface area contributed by atoms with Crippen molar-refractivity contribution < 1.29 is 9.47 Å². The third-order valence-electron chi connectivity index (χ3n) is 5.63. The lowest BCUT2D eigenvalue weighted by atomic mass is 10.1. The smallest absolute Gasteiger partial charge is 0.163 e.